The van der Waals surface area contributed by atoms with Crippen molar-refractivity contribution in [3.63, 3.8) is 0 Å². The summed E-state index contributed by atoms with van der Waals surface area (Å²) in [6.45, 7) is 13.2. The van der Waals surface area contributed by atoms with Crippen LogP contribution in [0.25, 0.3) is 5.57 Å². The van der Waals surface area contributed by atoms with Crippen molar-refractivity contribution in [2.24, 2.45) is 5.92 Å². The third-order valence-corrected chi connectivity index (χ3v) is 3.42. The van der Waals surface area contributed by atoms with E-state index in [1.54, 1.807) is 0 Å². The van der Waals surface area contributed by atoms with E-state index in [9.17, 15) is 0 Å². The molecule has 1 rings (SSSR count). The molecule has 0 spiro atoms. The highest BCUT2D eigenvalue weighted by atomic mass is 16.7. The monoisotopic (exact) mass is 290 g/mol. The van der Waals surface area contributed by atoms with Gasteiger partial charge in [0.1, 0.15) is 5.75 Å². The van der Waals surface area contributed by atoms with Gasteiger partial charge in [-0.3, -0.25) is 0 Å². The maximum atomic E-state index is 5.97. The Labute approximate surface area is 130 Å². The normalized spacial score (nSPS) is 12.4. The highest BCUT2D eigenvalue weighted by Gasteiger charge is 2.15. The van der Waals surface area contributed by atoms with Crippen LogP contribution < -0.4 is 4.74 Å². The van der Waals surface area contributed by atoms with E-state index in [0.29, 0.717) is 5.92 Å². The number of allylic oxidation sites excluding steroid dienone is 1. The molecule has 2 nitrogen and oxygen atoms in total. The molecular formula is C19H30O2. The third kappa shape index (κ3) is 6.81. The predicted octanol–water partition coefficient (Wildman–Crippen LogP) is 5.68. The fraction of sp³-hybridized carbons (Fsp3) is 0.579. The Kier molecular flexibility index (Phi) is 8.14. The van der Waals surface area contributed by atoms with Crippen LogP contribution in [0.1, 0.15) is 58.9 Å². The lowest BCUT2D eigenvalue weighted by Crippen LogP contribution is -2.27. The molecule has 0 amide bonds. The van der Waals surface area contributed by atoms with E-state index in [0.717, 1.165) is 29.9 Å². The summed E-state index contributed by atoms with van der Waals surface area (Å²) in [6.07, 6.45) is 4.68. The first-order chi connectivity index (χ1) is 10.0. The molecule has 1 atom stereocenters. The molecular weight excluding hydrogens is 260 g/mol. The summed E-state index contributed by atoms with van der Waals surface area (Å²) >= 11 is 0. The van der Waals surface area contributed by atoms with Gasteiger partial charge in [0.15, 0.2) is 0 Å². The first kappa shape index (κ1) is 17.8. The van der Waals surface area contributed by atoms with Crippen molar-refractivity contribution in [2.75, 3.05) is 6.61 Å². The quantitative estimate of drug-likeness (QED) is 0.408. The fourth-order valence-electron chi connectivity index (χ4n) is 2.04. The molecule has 0 aromatic heterocycles. The molecule has 21 heavy (non-hydrogen) atoms. The topological polar surface area (TPSA) is 18.5 Å². The van der Waals surface area contributed by atoms with Gasteiger partial charge >= 0.3 is 0 Å². The molecule has 0 N–H and O–H groups in total. The van der Waals surface area contributed by atoms with Gasteiger partial charge in [-0.1, -0.05) is 64.3 Å². The van der Waals surface area contributed by atoms with Gasteiger partial charge in [0.05, 0.1) is 6.61 Å². The molecule has 2 heteroatoms. The Morgan fingerprint density at radius 1 is 1.10 bits per heavy atom. The molecule has 0 heterocycles. The standard InChI is InChI=1S/C19H30O2/c1-6-7-8-9-14-20-19(16(4)5)21-18-12-10-17(11-13-18)15(2)3/h10-13,16,19H,2,6-9,14H2,1,3-5H3. The van der Waals surface area contributed by atoms with Crippen LogP contribution in [0.3, 0.4) is 0 Å². The van der Waals surface area contributed by atoms with E-state index >= 15 is 0 Å². The Balaban J connectivity index is 2.47. The maximum absolute atomic E-state index is 5.97. The molecule has 0 aliphatic heterocycles. The summed E-state index contributed by atoms with van der Waals surface area (Å²) in [5.41, 5.74) is 2.21. The van der Waals surface area contributed by atoms with E-state index in [-0.39, 0.29) is 6.29 Å². The van der Waals surface area contributed by atoms with Crippen LogP contribution in [0.2, 0.25) is 0 Å². The van der Waals surface area contributed by atoms with Crippen LogP contribution in [0, 0.1) is 5.92 Å². The van der Waals surface area contributed by atoms with Gasteiger partial charge < -0.3 is 9.47 Å². The van der Waals surface area contributed by atoms with E-state index in [2.05, 4.69) is 27.4 Å². The summed E-state index contributed by atoms with van der Waals surface area (Å²) in [5, 5.41) is 0. The lowest BCUT2D eigenvalue weighted by atomic mass is 10.1. The van der Waals surface area contributed by atoms with Crippen LogP contribution >= 0.6 is 0 Å². The van der Waals surface area contributed by atoms with E-state index < -0.39 is 0 Å². The lowest BCUT2D eigenvalue weighted by molar-refractivity contribution is -0.108. The average molecular weight is 290 g/mol. The maximum Gasteiger partial charge on any atom is 0.202 e. The van der Waals surface area contributed by atoms with Crippen LogP contribution in [0.15, 0.2) is 30.8 Å². The number of benzene rings is 1. The second kappa shape index (κ2) is 9.62. The molecule has 0 radical (unpaired) electrons. The summed E-state index contributed by atoms with van der Waals surface area (Å²) in [5.74, 6) is 1.18. The highest BCUT2D eigenvalue weighted by Crippen LogP contribution is 2.20. The molecule has 0 fully saturated rings. The Morgan fingerprint density at radius 2 is 1.76 bits per heavy atom. The zero-order valence-electron chi connectivity index (χ0n) is 14.0. The molecule has 1 aromatic rings. The van der Waals surface area contributed by atoms with Gasteiger partial charge in [-0.05, 0) is 31.0 Å². The Morgan fingerprint density at radius 3 is 2.29 bits per heavy atom. The zero-order valence-corrected chi connectivity index (χ0v) is 14.0. The van der Waals surface area contributed by atoms with Crippen molar-refractivity contribution in [3.8, 4) is 5.75 Å². The Bertz CT molecular complexity index is 406. The minimum absolute atomic E-state index is 0.178. The minimum atomic E-state index is -0.178. The fourth-order valence-corrected chi connectivity index (χ4v) is 2.04. The third-order valence-electron chi connectivity index (χ3n) is 3.42. The summed E-state index contributed by atoms with van der Waals surface area (Å²) in [7, 11) is 0. The number of rotatable bonds is 10. The van der Waals surface area contributed by atoms with Gasteiger partial charge in [0.25, 0.3) is 0 Å². The number of hydrogen-bond acceptors (Lipinski definition) is 2. The van der Waals surface area contributed by atoms with Gasteiger partial charge in [0, 0.05) is 5.92 Å². The molecule has 1 unspecified atom stereocenters. The first-order valence-corrected chi connectivity index (χ1v) is 8.08. The molecule has 0 saturated carbocycles. The van der Waals surface area contributed by atoms with Gasteiger partial charge in [-0.15, -0.1) is 0 Å². The van der Waals surface area contributed by atoms with Gasteiger partial charge in [-0.25, -0.2) is 0 Å². The molecule has 0 aliphatic carbocycles. The van der Waals surface area contributed by atoms with Gasteiger partial charge in [0.2, 0.25) is 6.29 Å². The summed E-state index contributed by atoms with van der Waals surface area (Å²) in [6, 6.07) is 8.05. The second-order valence-corrected chi connectivity index (χ2v) is 5.97. The summed E-state index contributed by atoms with van der Waals surface area (Å²) in [4.78, 5) is 0. The van der Waals surface area contributed by atoms with Crippen LogP contribution in [-0.4, -0.2) is 12.9 Å². The van der Waals surface area contributed by atoms with Crippen molar-refractivity contribution in [1.29, 1.82) is 0 Å². The second-order valence-electron chi connectivity index (χ2n) is 5.97. The Hall–Kier alpha value is -1.28. The van der Waals surface area contributed by atoms with Crippen LogP contribution in [0.5, 0.6) is 5.75 Å². The first-order valence-electron chi connectivity index (χ1n) is 8.08. The van der Waals surface area contributed by atoms with Crippen LogP contribution in [-0.2, 0) is 4.74 Å². The molecule has 0 aliphatic rings. The van der Waals surface area contributed by atoms with E-state index in [4.69, 9.17) is 9.47 Å². The number of ether oxygens (including phenoxy) is 2. The highest BCUT2D eigenvalue weighted by molar-refractivity contribution is 5.61. The number of unbranched alkanes of at least 4 members (excludes halogenated alkanes) is 3. The van der Waals surface area contributed by atoms with Crippen molar-refractivity contribution in [2.45, 2.75) is 59.7 Å². The predicted molar refractivity (Wildman–Crippen MR) is 90.5 cm³/mol. The van der Waals surface area contributed by atoms with Gasteiger partial charge in [-0.2, -0.15) is 0 Å². The zero-order chi connectivity index (χ0) is 15.7. The number of hydrogen-bond donors (Lipinski definition) is 0. The van der Waals surface area contributed by atoms with Crippen molar-refractivity contribution < 1.29 is 9.47 Å². The molecule has 118 valence electrons. The lowest BCUT2D eigenvalue weighted by Gasteiger charge is -2.23. The van der Waals surface area contributed by atoms with E-state index in [1.807, 2.05) is 31.2 Å². The SMILES string of the molecule is C=C(C)c1ccc(OC(OCCCCCC)C(C)C)cc1. The molecule has 1 aromatic carbocycles. The summed E-state index contributed by atoms with van der Waals surface area (Å²) < 4.78 is 11.9. The smallest absolute Gasteiger partial charge is 0.202 e. The molecule has 0 bridgehead atoms. The van der Waals surface area contributed by atoms with E-state index in [1.165, 1.54) is 19.3 Å². The van der Waals surface area contributed by atoms with Crippen molar-refractivity contribution in [3.05, 3.63) is 36.4 Å². The van der Waals surface area contributed by atoms with Crippen molar-refractivity contribution >= 4 is 5.57 Å². The average Bonchev–Trinajstić information content (AvgIpc) is 2.46. The van der Waals surface area contributed by atoms with Crippen molar-refractivity contribution in [1.82, 2.24) is 0 Å². The molecule has 0 saturated heterocycles. The van der Waals surface area contributed by atoms with Crippen LogP contribution in [0.4, 0.5) is 0 Å². The minimum Gasteiger partial charge on any atom is -0.465 e. The largest absolute Gasteiger partial charge is 0.465 e.